The summed E-state index contributed by atoms with van der Waals surface area (Å²) in [5.74, 6) is 0.379. The van der Waals surface area contributed by atoms with Crippen LogP contribution in [0.25, 0.3) is 0 Å². The highest BCUT2D eigenvalue weighted by molar-refractivity contribution is 7.91. The molecular formula is C20H24N6O3S. The molecule has 2 aliphatic rings. The van der Waals surface area contributed by atoms with E-state index in [0.717, 1.165) is 42.4 Å². The summed E-state index contributed by atoms with van der Waals surface area (Å²) in [5, 5.41) is 22.4. The molecule has 0 saturated carbocycles. The van der Waals surface area contributed by atoms with E-state index in [-0.39, 0.29) is 10.8 Å². The van der Waals surface area contributed by atoms with Crippen molar-refractivity contribution < 1.29 is 13.7 Å². The van der Waals surface area contributed by atoms with Crippen LogP contribution in [-0.2, 0) is 29.3 Å². The van der Waals surface area contributed by atoms with E-state index in [1.165, 1.54) is 6.20 Å². The molecule has 0 spiro atoms. The van der Waals surface area contributed by atoms with Gasteiger partial charge in [-0.25, -0.2) is 18.8 Å². The number of anilines is 1. The molecule has 0 fully saturated rings. The summed E-state index contributed by atoms with van der Waals surface area (Å²) in [4.78, 5) is 12.9. The number of carbonyl (C=O) groups is 1. The summed E-state index contributed by atoms with van der Waals surface area (Å²) < 4.78 is 23.9. The van der Waals surface area contributed by atoms with E-state index in [1.807, 2.05) is 19.9 Å². The van der Waals surface area contributed by atoms with Crippen LogP contribution in [-0.4, -0.2) is 26.6 Å². The number of aromatic nitrogens is 2. The standard InChI is InChI=1S/C20H24N6O3S/c1-12(2)16-9-13(10-21)14-5-3-6-15(14)18(16)24-20(27)25-30(22,28)17-11-23-26-7-4-8-29-19(17)26/h9,11-12H,3-8H2,1-2H3,(H3,22,24,25,27,28)/t30-/m1/s1. The number of nitrogens with one attached hydrogen (secondary N) is 1. The molecule has 9 nitrogen and oxygen atoms in total. The number of nitrogens with two attached hydrogens (primary N) is 1. The van der Waals surface area contributed by atoms with Crippen molar-refractivity contribution in [2.24, 2.45) is 9.50 Å². The molecule has 2 amide bonds. The van der Waals surface area contributed by atoms with Gasteiger partial charge >= 0.3 is 6.03 Å². The number of aryl methyl sites for hydroxylation is 1. The van der Waals surface area contributed by atoms with Crippen molar-refractivity contribution in [1.82, 2.24) is 9.78 Å². The number of nitriles is 1. The number of amides is 2. The zero-order valence-electron chi connectivity index (χ0n) is 17.0. The van der Waals surface area contributed by atoms with Gasteiger partial charge in [0.1, 0.15) is 4.90 Å². The summed E-state index contributed by atoms with van der Waals surface area (Å²) >= 11 is 0. The predicted molar refractivity (Wildman–Crippen MR) is 112 cm³/mol. The summed E-state index contributed by atoms with van der Waals surface area (Å²) in [6.45, 7) is 5.09. The Morgan fingerprint density at radius 2 is 2.17 bits per heavy atom. The molecule has 1 atom stereocenters. The number of urea groups is 1. The molecule has 1 aliphatic carbocycles. The largest absolute Gasteiger partial charge is 0.477 e. The van der Waals surface area contributed by atoms with Crippen LogP contribution < -0.4 is 15.2 Å². The van der Waals surface area contributed by atoms with E-state index in [4.69, 9.17) is 9.88 Å². The van der Waals surface area contributed by atoms with E-state index < -0.39 is 15.9 Å². The van der Waals surface area contributed by atoms with E-state index >= 15 is 0 Å². The van der Waals surface area contributed by atoms with Crippen molar-refractivity contribution in [3.05, 3.63) is 34.5 Å². The average Bonchev–Trinajstić information content (AvgIpc) is 3.35. The Morgan fingerprint density at radius 1 is 1.40 bits per heavy atom. The normalized spacial score (nSPS) is 16.8. The molecular weight excluding hydrogens is 404 g/mol. The average molecular weight is 429 g/mol. The summed E-state index contributed by atoms with van der Waals surface area (Å²) in [6, 6.07) is 3.30. The Hall–Kier alpha value is -2.90. The first kappa shape index (κ1) is 20.4. The van der Waals surface area contributed by atoms with Gasteiger partial charge in [-0.15, -0.1) is 4.36 Å². The molecule has 158 valence electrons. The Bertz CT molecular complexity index is 1180. The van der Waals surface area contributed by atoms with Crippen LogP contribution in [0.2, 0.25) is 0 Å². The lowest BCUT2D eigenvalue weighted by Gasteiger charge is -2.19. The fraction of sp³-hybridized carbons (Fsp3) is 0.450. The molecule has 0 radical (unpaired) electrons. The molecule has 1 aromatic heterocycles. The smallest absolute Gasteiger partial charge is 0.354 e. The monoisotopic (exact) mass is 428 g/mol. The van der Waals surface area contributed by atoms with Gasteiger partial charge in [-0.3, -0.25) is 0 Å². The zero-order valence-corrected chi connectivity index (χ0v) is 17.8. The second-order valence-electron chi connectivity index (χ2n) is 7.79. The van der Waals surface area contributed by atoms with Crippen LogP contribution in [0, 0.1) is 11.3 Å². The van der Waals surface area contributed by atoms with Crippen molar-refractivity contribution in [3.63, 3.8) is 0 Å². The maximum Gasteiger partial charge on any atom is 0.354 e. The van der Waals surface area contributed by atoms with E-state index in [1.54, 1.807) is 4.68 Å². The fourth-order valence-electron chi connectivity index (χ4n) is 4.06. The number of fused-ring (bicyclic) bond motifs is 2. The van der Waals surface area contributed by atoms with Gasteiger partial charge in [0.05, 0.1) is 24.4 Å². The molecule has 2 aromatic rings. The molecule has 0 unspecified atom stereocenters. The third-order valence-electron chi connectivity index (χ3n) is 5.45. The molecule has 4 rings (SSSR count). The highest BCUT2D eigenvalue weighted by atomic mass is 32.2. The highest BCUT2D eigenvalue weighted by Gasteiger charge is 2.26. The quantitative estimate of drug-likeness (QED) is 0.774. The van der Waals surface area contributed by atoms with Gasteiger partial charge in [-0.05, 0) is 47.9 Å². The first-order valence-corrected chi connectivity index (χ1v) is 11.5. The van der Waals surface area contributed by atoms with Crippen LogP contribution in [0.4, 0.5) is 10.5 Å². The summed E-state index contributed by atoms with van der Waals surface area (Å²) in [7, 11) is -3.54. The van der Waals surface area contributed by atoms with Gasteiger partial charge < -0.3 is 10.1 Å². The number of rotatable bonds is 3. The number of hydrogen-bond acceptors (Lipinski definition) is 5. The second-order valence-corrected chi connectivity index (χ2v) is 9.55. The topological polar surface area (TPSA) is 135 Å². The van der Waals surface area contributed by atoms with Crippen molar-refractivity contribution in [2.45, 2.75) is 56.9 Å². The Morgan fingerprint density at radius 3 is 2.90 bits per heavy atom. The van der Waals surface area contributed by atoms with Crippen molar-refractivity contribution in [1.29, 1.82) is 5.26 Å². The summed E-state index contributed by atoms with van der Waals surface area (Å²) in [5.41, 5.74) is 4.06. The van der Waals surface area contributed by atoms with Gasteiger partial charge in [0, 0.05) is 18.7 Å². The molecule has 0 saturated heterocycles. The second kappa shape index (κ2) is 7.74. The third kappa shape index (κ3) is 3.55. The maximum absolute atomic E-state index is 13.0. The van der Waals surface area contributed by atoms with Crippen LogP contribution in [0.1, 0.15) is 54.9 Å². The summed E-state index contributed by atoms with van der Waals surface area (Å²) in [6.07, 6.45) is 4.62. The van der Waals surface area contributed by atoms with Crippen LogP contribution in [0.15, 0.2) is 21.5 Å². The lowest BCUT2D eigenvalue weighted by molar-refractivity contribution is 0.224. The van der Waals surface area contributed by atoms with Crippen LogP contribution in [0.3, 0.4) is 0 Å². The van der Waals surface area contributed by atoms with Crippen molar-refractivity contribution in [3.8, 4) is 11.9 Å². The molecule has 10 heteroatoms. The lowest BCUT2D eigenvalue weighted by Crippen LogP contribution is -2.21. The van der Waals surface area contributed by atoms with Gasteiger partial charge in [0.15, 0.2) is 9.92 Å². The Kier molecular flexibility index (Phi) is 5.26. The number of carbonyl (C=O) groups excluding carboxylic acids is 1. The minimum Gasteiger partial charge on any atom is -0.477 e. The molecule has 0 bridgehead atoms. The molecule has 1 aromatic carbocycles. The van der Waals surface area contributed by atoms with Crippen LogP contribution >= 0.6 is 0 Å². The lowest BCUT2D eigenvalue weighted by atomic mass is 9.92. The number of ether oxygens (including phenoxy) is 1. The number of nitrogens with zero attached hydrogens (tertiary/aromatic N) is 4. The first-order chi connectivity index (χ1) is 14.3. The van der Waals surface area contributed by atoms with Crippen molar-refractivity contribution >= 4 is 21.6 Å². The van der Waals surface area contributed by atoms with Gasteiger partial charge in [0.2, 0.25) is 5.88 Å². The predicted octanol–water partition coefficient (Wildman–Crippen LogP) is 3.08. The minimum absolute atomic E-state index is 0.0802. The SMILES string of the molecule is CC(C)c1cc(C#N)c2c(c1NC(=O)N=[S@@](N)(=O)c1cnn3c1OCCC3)CCC2. The maximum atomic E-state index is 13.0. The Labute approximate surface area is 175 Å². The molecule has 3 N–H and O–H groups in total. The van der Waals surface area contributed by atoms with Gasteiger partial charge in [-0.2, -0.15) is 10.4 Å². The van der Waals surface area contributed by atoms with E-state index in [9.17, 15) is 14.3 Å². The van der Waals surface area contributed by atoms with Crippen LogP contribution in [0.5, 0.6) is 5.88 Å². The van der Waals surface area contributed by atoms with E-state index in [2.05, 4.69) is 20.8 Å². The third-order valence-corrected chi connectivity index (χ3v) is 6.80. The van der Waals surface area contributed by atoms with Crippen molar-refractivity contribution in [2.75, 3.05) is 11.9 Å². The number of benzene rings is 1. The number of hydrogen-bond donors (Lipinski definition) is 2. The Balaban J connectivity index is 1.71. The molecule has 1 aliphatic heterocycles. The molecule has 30 heavy (non-hydrogen) atoms. The fourth-order valence-corrected chi connectivity index (χ4v) is 5.06. The minimum atomic E-state index is -3.54. The molecule has 2 heterocycles. The van der Waals surface area contributed by atoms with Gasteiger partial charge in [-0.1, -0.05) is 13.8 Å². The first-order valence-electron chi connectivity index (χ1n) is 9.95. The highest BCUT2D eigenvalue weighted by Crippen LogP contribution is 2.38. The van der Waals surface area contributed by atoms with Gasteiger partial charge in [0.25, 0.3) is 0 Å². The van der Waals surface area contributed by atoms with E-state index in [0.29, 0.717) is 30.3 Å². The zero-order chi connectivity index (χ0) is 21.5.